The van der Waals surface area contributed by atoms with E-state index < -0.39 is 0 Å². The first kappa shape index (κ1) is 22.6. The van der Waals surface area contributed by atoms with Crippen molar-refractivity contribution in [1.82, 2.24) is 5.32 Å². The maximum Gasteiger partial charge on any atom is 0.222 e. The smallest absolute Gasteiger partial charge is 0.222 e. The van der Waals surface area contributed by atoms with Crippen molar-refractivity contribution >= 4 is 5.91 Å². The fraction of sp³-hybridized carbons (Fsp3) is 0.929. The third kappa shape index (κ3) is 18.6. The summed E-state index contributed by atoms with van der Waals surface area (Å²) in [6.07, 6.45) is 0.360. The lowest BCUT2D eigenvalue weighted by Crippen LogP contribution is -2.20. The van der Waals surface area contributed by atoms with Gasteiger partial charge in [0.2, 0.25) is 5.91 Å². The van der Waals surface area contributed by atoms with E-state index in [9.17, 15) is 4.79 Å². The van der Waals surface area contributed by atoms with E-state index in [1.165, 1.54) is 0 Å². The number of azide groups is 1. The van der Waals surface area contributed by atoms with Gasteiger partial charge in [-0.25, -0.2) is 0 Å². The number of hydrogen-bond acceptors (Lipinski definition) is 7. The number of amides is 1. The summed E-state index contributed by atoms with van der Waals surface area (Å²) in [4.78, 5) is 13.5. The van der Waals surface area contributed by atoms with Crippen molar-refractivity contribution < 1.29 is 28.5 Å². The van der Waals surface area contributed by atoms with Crippen molar-refractivity contribution in [2.75, 3.05) is 79.7 Å². The van der Waals surface area contributed by atoms with Gasteiger partial charge in [-0.2, -0.15) is 0 Å². The number of carbonyl (C=O) groups is 1. The molecule has 0 aromatic rings. The molecule has 1 N–H and O–H groups in total. The summed E-state index contributed by atoms with van der Waals surface area (Å²) in [5.74, 6) is -0.0359. The Morgan fingerprint density at radius 3 is 1.67 bits per heavy atom. The normalized spacial score (nSPS) is 10.4. The first-order valence-electron chi connectivity index (χ1n) is 7.91. The van der Waals surface area contributed by atoms with E-state index in [1.807, 2.05) is 0 Å². The second kappa shape index (κ2) is 19.6. The number of ether oxygens (including phenoxy) is 5. The Hall–Kier alpha value is -1.42. The van der Waals surface area contributed by atoms with Crippen molar-refractivity contribution in [3.05, 3.63) is 10.4 Å². The molecule has 0 aliphatic carbocycles. The second-order valence-corrected chi connectivity index (χ2v) is 4.44. The van der Waals surface area contributed by atoms with Gasteiger partial charge in [-0.15, -0.1) is 0 Å². The Morgan fingerprint density at radius 1 is 0.833 bits per heavy atom. The largest absolute Gasteiger partial charge is 0.379 e. The number of nitrogens with one attached hydrogen (secondary N) is 1. The van der Waals surface area contributed by atoms with Gasteiger partial charge in [0, 0.05) is 24.9 Å². The fourth-order valence-corrected chi connectivity index (χ4v) is 1.42. The molecule has 0 saturated heterocycles. The molecule has 0 aromatic heterocycles. The molecule has 0 aliphatic heterocycles. The molecule has 0 rings (SSSR count). The zero-order valence-corrected chi connectivity index (χ0v) is 14.3. The highest BCUT2D eigenvalue weighted by Gasteiger charge is 1.97. The molecule has 140 valence electrons. The molecule has 0 heterocycles. The van der Waals surface area contributed by atoms with Gasteiger partial charge in [0.15, 0.2) is 0 Å². The van der Waals surface area contributed by atoms with Gasteiger partial charge in [-0.3, -0.25) is 4.79 Å². The highest BCUT2D eigenvalue weighted by molar-refractivity contribution is 5.75. The highest BCUT2D eigenvalue weighted by atomic mass is 16.6. The summed E-state index contributed by atoms with van der Waals surface area (Å²) in [6.45, 7) is 4.95. The quantitative estimate of drug-likeness (QED) is 0.167. The van der Waals surface area contributed by atoms with Crippen LogP contribution in [0.3, 0.4) is 0 Å². The molecule has 0 fully saturated rings. The molecule has 0 unspecified atom stereocenters. The first-order valence-corrected chi connectivity index (χ1v) is 7.91. The van der Waals surface area contributed by atoms with E-state index in [1.54, 1.807) is 7.05 Å². The number of hydrogen-bond donors (Lipinski definition) is 1. The van der Waals surface area contributed by atoms with E-state index in [0.29, 0.717) is 79.0 Å². The van der Waals surface area contributed by atoms with Crippen LogP contribution in [0.1, 0.15) is 6.42 Å². The average Bonchev–Trinajstić information content (AvgIpc) is 2.60. The van der Waals surface area contributed by atoms with Gasteiger partial charge in [-0.05, 0) is 5.53 Å². The third-order valence-corrected chi connectivity index (χ3v) is 2.64. The minimum absolute atomic E-state index is 0.0359. The summed E-state index contributed by atoms with van der Waals surface area (Å²) < 4.78 is 26.3. The van der Waals surface area contributed by atoms with Gasteiger partial charge < -0.3 is 29.0 Å². The molecule has 10 nitrogen and oxygen atoms in total. The third-order valence-electron chi connectivity index (χ3n) is 2.64. The molecule has 0 aromatic carbocycles. The molecular formula is C14H28N4O6. The van der Waals surface area contributed by atoms with Crippen molar-refractivity contribution in [2.24, 2.45) is 5.11 Å². The molecule has 0 atom stereocenters. The summed E-state index contributed by atoms with van der Waals surface area (Å²) in [6, 6.07) is 0. The molecule has 10 heteroatoms. The summed E-state index contributed by atoms with van der Waals surface area (Å²) in [7, 11) is 1.60. The molecule has 0 bridgehead atoms. The van der Waals surface area contributed by atoms with Crippen LogP contribution in [0.5, 0.6) is 0 Å². The minimum Gasteiger partial charge on any atom is -0.379 e. The molecule has 1 amide bonds. The van der Waals surface area contributed by atoms with E-state index >= 15 is 0 Å². The lowest BCUT2D eigenvalue weighted by atomic mass is 10.4. The summed E-state index contributed by atoms with van der Waals surface area (Å²) >= 11 is 0. The summed E-state index contributed by atoms with van der Waals surface area (Å²) in [5.41, 5.74) is 8.05. The molecule has 0 spiro atoms. The van der Waals surface area contributed by atoms with Gasteiger partial charge in [0.05, 0.1) is 66.1 Å². The number of rotatable bonds is 18. The minimum atomic E-state index is -0.0359. The first-order chi connectivity index (χ1) is 11.8. The highest BCUT2D eigenvalue weighted by Crippen LogP contribution is 1.86. The van der Waals surface area contributed by atoms with Gasteiger partial charge >= 0.3 is 0 Å². The van der Waals surface area contributed by atoms with Crippen LogP contribution in [0.15, 0.2) is 5.11 Å². The van der Waals surface area contributed by atoms with Crippen LogP contribution in [0, 0.1) is 0 Å². The van der Waals surface area contributed by atoms with Crippen LogP contribution in [-0.4, -0.2) is 85.6 Å². The van der Waals surface area contributed by atoms with Crippen LogP contribution in [0.25, 0.3) is 10.4 Å². The van der Waals surface area contributed by atoms with Gasteiger partial charge in [0.25, 0.3) is 0 Å². The SMILES string of the molecule is CNC(=O)CCOCCOCCOCCOCCOCCN=[N+]=[N-]. The van der Waals surface area contributed by atoms with E-state index in [-0.39, 0.29) is 5.91 Å². The van der Waals surface area contributed by atoms with Crippen LogP contribution >= 0.6 is 0 Å². The molecular weight excluding hydrogens is 320 g/mol. The van der Waals surface area contributed by atoms with Crippen LogP contribution < -0.4 is 5.32 Å². The van der Waals surface area contributed by atoms with Crippen molar-refractivity contribution in [1.29, 1.82) is 0 Å². The maximum absolute atomic E-state index is 10.9. The Morgan fingerprint density at radius 2 is 1.25 bits per heavy atom. The lowest BCUT2D eigenvalue weighted by Gasteiger charge is -2.07. The number of nitrogens with zero attached hydrogens (tertiary/aromatic N) is 3. The Kier molecular flexibility index (Phi) is 18.5. The van der Waals surface area contributed by atoms with Crippen molar-refractivity contribution in [3.8, 4) is 0 Å². The Balaban J connectivity index is 3.02. The van der Waals surface area contributed by atoms with Crippen LogP contribution in [0.2, 0.25) is 0 Å². The van der Waals surface area contributed by atoms with Gasteiger partial charge in [0.1, 0.15) is 0 Å². The Bertz CT molecular complexity index is 339. The monoisotopic (exact) mass is 348 g/mol. The lowest BCUT2D eigenvalue weighted by molar-refractivity contribution is -0.121. The Labute approximate surface area is 142 Å². The average molecular weight is 348 g/mol. The van der Waals surface area contributed by atoms with Crippen molar-refractivity contribution in [3.63, 3.8) is 0 Å². The van der Waals surface area contributed by atoms with Gasteiger partial charge in [-0.1, -0.05) is 5.11 Å². The van der Waals surface area contributed by atoms with Crippen molar-refractivity contribution in [2.45, 2.75) is 6.42 Å². The predicted molar refractivity (Wildman–Crippen MR) is 86.8 cm³/mol. The predicted octanol–water partition coefficient (Wildman–Crippen LogP) is 0.516. The molecule has 24 heavy (non-hydrogen) atoms. The zero-order chi connectivity index (χ0) is 17.7. The number of carbonyl (C=O) groups excluding carboxylic acids is 1. The summed E-state index contributed by atoms with van der Waals surface area (Å²) in [5, 5.41) is 5.87. The standard InChI is InChI=1S/C14H28N4O6/c1-16-14(19)2-4-20-6-8-22-10-12-24-13-11-23-9-7-21-5-3-17-18-15/h2-13H2,1H3,(H,16,19). The second-order valence-electron chi connectivity index (χ2n) is 4.44. The van der Waals surface area contributed by atoms with E-state index in [4.69, 9.17) is 29.2 Å². The molecule has 0 saturated carbocycles. The topological polar surface area (TPSA) is 124 Å². The van der Waals surface area contributed by atoms with Crippen LogP contribution in [-0.2, 0) is 28.5 Å². The zero-order valence-electron chi connectivity index (χ0n) is 14.3. The molecule has 0 aliphatic rings. The van der Waals surface area contributed by atoms with E-state index in [2.05, 4.69) is 15.3 Å². The molecule has 0 radical (unpaired) electrons. The maximum atomic E-state index is 10.9. The fourth-order valence-electron chi connectivity index (χ4n) is 1.42. The van der Waals surface area contributed by atoms with Crippen LogP contribution in [0.4, 0.5) is 0 Å². The van der Waals surface area contributed by atoms with E-state index in [0.717, 1.165) is 0 Å².